The maximum absolute atomic E-state index is 3.55. The fraction of sp³-hybridized carbons (Fsp3) is 0.500. The predicted octanol–water partition coefficient (Wildman–Crippen LogP) is 4.62. The average molecular weight is 451 g/mol. The minimum Gasteiger partial charge on any atom is -0.0921 e. The van der Waals surface area contributed by atoms with Gasteiger partial charge in [0.25, 0.3) is 0 Å². The van der Waals surface area contributed by atoms with Crippen molar-refractivity contribution in [1.29, 1.82) is 0 Å². The second-order valence-corrected chi connectivity index (χ2v) is 5.43. The number of hydrogen-bond acceptors (Lipinski definition) is 0. The van der Waals surface area contributed by atoms with E-state index in [1.54, 1.807) is 0 Å². The minimum atomic E-state index is 0.532. The standard InChI is InChI=1S/C10H11Br4/c11-3-7-1-8(4-12)10(6-14)2-9(7)5-13/h1-2,7H,3-6H2. The summed E-state index contributed by atoms with van der Waals surface area (Å²) >= 11 is 14.1. The summed E-state index contributed by atoms with van der Waals surface area (Å²) in [5, 5.41) is 3.81. The Kier molecular flexibility index (Phi) is 6.61. The highest BCUT2D eigenvalue weighted by Crippen LogP contribution is 2.33. The fourth-order valence-corrected chi connectivity index (χ4v) is 3.67. The summed E-state index contributed by atoms with van der Waals surface area (Å²) in [6.45, 7) is 0. The van der Waals surface area contributed by atoms with Gasteiger partial charge in [0.2, 0.25) is 0 Å². The van der Waals surface area contributed by atoms with Gasteiger partial charge in [-0.25, -0.2) is 0 Å². The van der Waals surface area contributed by atoms with Crippen molar-refractivity contribution in [2.75, 3.05) is 21.3 Å². The van der Waals surface area contributed by atoms with E-state index in [0.717, 1.165) is 21.3 Å². The van der Waals surface area contributed by atoms with Gasteiger partial charge in [0.05, 0.1) is 0 Å². The Hall–Kier alpha value is 1.40. The van der Waals surface area contributed by atoms with Crippen molar-refractivity contribution < 1.29 is 0 Å². The van der Waals surface area contributed by atoms with Crippen LogP contribution in [0.1, 0.15) is 0 Å². The van der Waals surface area contributed by atoms with E-state index in [-0.39, 0.29) is 0 Å². The summed E-state index contributed by atoms with van der Waals surface area (Å²) in [5.74, 6) is 1.98. The lowest BCUT2D eigenvalue weighted by molar-refractivity contribution is 0.786. The van der Waals surface area contributed by atoms with E-state index >= 15 is 0 Å². The van der Waals surface area contributed by atoms with E-state index < -0.39 is 0 Å². The Bertz CT molecular complexity index is 219. The van der Waals surface area contributed by atoms with E-state index in [2.05, 4.69) is 75.9 Å². The smallest absolute Gasteiger partial charge is 0.0283 e. The zero-order valence-electron chi connectivity index (χ0n) is 7.57. The van der Waals surface area contributed by atoms with Crippen molar-refractivity contribution in [2.24, 2.45) is 5.92 Å². The molecule has 0 aliphatic heterocycles. The molecule has 1 aliphatic carbocycles. The molecule has 1 aliphatic rings. The molecule has 0 nitrogen and oxygen atoms in total. The van der Waals surface area contributed by atoms with E-state index in [9.17, 15) is 0 Å². The molecule has 0 N–H and O–H groups in total. The number of halogens is 4. The summed E-state index contributed by atoms with van der Waals surface area (Å²) in [7, 11) is 0. The molecule has 0 saturated carbocycles. The molecule has 0 amide bonds. The molecule has 1 radical (unpaired) electrons. The first-order valence-electron chi connectivity index (χ1n) is 4.28. The SMILES string of the molecule is BrC[C]1C=C(CBr)C(CBr)=CC1CBr. The second kappa shape index (κ2) is 6.87. The van der Waals surface area contributed by atoms with Gasteiger partial charge in [-0.3, -0.25) is 0 Å². The summed E-state index contributed by atoms with van der Waals surface area (Å²) < 4.78 is 0. The summed E-state index contributed by atoms with van der Waals surface area (Å²) in [5.41, 5.74) is 2.78. The van der Waals surface area contributed by atoms with Crippen LogP contribution in [0.4, 0.5) is 0 Å². The van der Waals surface area contributed by atoms with Gasteiger partial charge in [0, 0.05) is 27.2 Å². The highest BCUT2D eigenvalue weighted by molar-refractivity contribution is 9.09. The topological polar surface area (TPSA) is 0 Å². The van der Waals surface area contributed by atoms with Crippen LogP contribution in [0.25, 0.3) is 0 Å². The number of allylic oxidation sites excluding steroid dienone is 4. The first kappa shape index (κ1) is 13.5. The van der Waals surface area contributed by atoms with Gasteiger partial charge < -0.3 is 0 Å². The van der Waals surface area contributed by atoms with Crippen LogP contribution < -0.4 is 0 Å². The number of alkyl halides is 4. The van der Waals surface area contributed by atoms with Gasteiger partial charge in [-0.1, -0.05) is 75.9 Å². The van der Waals surface area contributed by atoms with Gasteiger partial charge in [-0.15, -0.1) is 0 Å². The molecule has 0 aromatic carbocycles. The van der Waals surface area contributed by atoms with E-state index in [0.29, 0.717) is 5.92 Å². The molecule has 1 atom stereocenters. The molecule has 79 valence electrons. The highest BCUT2D eigenvalue weighted by atomic mass is 79.9. The van der Waals surface area contributed by atoms with Crippen LogP contribution in [0, 0.1) is 11.8 Å². The summed E-state index contributed by atoms with van der Waals surface area (Å²) in [6, 6.07) is 0. The Balaban J connectivity index is 2.87. The van der Waals surface area contributed by atoms with Crippen molar-refractivity contribution in [3.63, 3.8) is 0 Å². The predicted molar refractivity (Wildman–Crippen MR) is 78.1 cm³/mol. The largest absolute Gasteiger partial charge is 0.0921 e. The zero-order valence-corrected chi connectivity index (χ0v) is 13.9. The van der Waals surface area contributed by atoms with Crippen molar-refractivity contribution in [3.05, 3.63) is 29.2 Å². The number of rotatable bonds is 4. The lowest BCUT2D eigenvalue weighted by Crippen LogP contribution is -2.18. The van der Waals surface area contributed by atoms with Crippen molar-refractivity contribution in [1.82, 2.24) is 0 Å². The maximum atomic E-state index is 3.55. The Labute approximate surface area is 119 Å². The zero-order chi connectivity index (χ0) is 10.6. The molecular weight excluding hydrogens is 440 g/mol. The third-order valence-corrected chi connectivity index (χ3v) is 4.81. The Morgan fingerprint density at radius 2 is 1.57 bits per heavy atom. The van der Waals surface area contributed by atoms with Crippen LogP contribution in [-0.2, 0) is 0 Å². The van der Waals surface area contributed by atoms with Gasteiger partial charge >= 0.3 is 0 Å². The van der Waals surface area contributed by atoms with Crippen LogP contribution >= 0.6 is 63.7 Å². The van der Waals surface area contributed by atoms with Crippen LogP contribution in [0.5, 0.6) is 0 Å². The molecule has 0 fully saturated rings. The molecule has 14 heavy (non-hydrogen) atoms. The van der Waals surface area contributed by atoms with Crippen LogP contribution in [0.3, 0.4) is 0 Å². The first-order chi connectivity index (χ1) is 6.76. The monoisotopic (exact) mass is 447 g/mol. The lowest BCUT2D eigenvalue weighted by atomic mass is 9.85. The van der Waals surface area contributed by atoms with Crippen LogP contribution in [-0.4, -0.2) is 21.3 Å². The molecule has 1 unspecified atom stereocenters. The molecule has 1 rings (SSSR count). The molecule has 0 spiro atoms. The first-order valence-corrected chi connectivity index (χ1v) is 8.76. The van der Waals surface area contributed by atoms with Crippen molar-refractivity contribution >= 4 is 63.7 Å². The Morgan fingerprint density at radius 3 is 2.00 bits per heavy atom. The molecule has 0 bridgehead atoms. The van der Waals surface area contributed by atoms with Gasteiger partial charge in [0.1, 0.15) is 0 Å². The summed E-state index contributed by atoms with van der Waals surface area (Å²) in [6.07, 6.45) is 4.64. The lowest BCUT2D eigenvalue weighted by Gasteiger charge is -2.25. The van der Waals surface area contributed by atoms with E-state index in [1.165, 1.54) is 17.1 Å². The van der Waals surface area contributed by atoms with Crippen LogP contribution in [0.15, 0.2) is 23.3 Å². The normalized spacial score (nSPS) is 23.3. The van der Waals surface area contributed by atoms with Gasteiger partial charge in [-0.05, 0) is 17.1 Å². The molecular formula is C10H11Br4. The average Bonchev–Trinajstić information content (AvgIpc) is 2.26. The van der Waals surface area contributed by atoms with E-state index in [1.807, 2.05) is 0 Å². The molecule has 0 heterocycles. The summed E-state index contributed by atoms with van der Waals surface area (Å²) in [4.78, 5) is 0. The quantitative estimate of drug-likeness (QED) is 0.548. The minimum absolute atomic E-state index is 0.532. The third kappa shape index (κ3) is 3.19. The Morgan fingerprint density at radius 1 is 0.929 bits per heavy atom. The van der Waals surface area contributed by atoms with Crippen molar-refractivity contribution in [3.8, 4) is 0 Å². The van der Waals surface area contributed by atoms with Crippen molar-refractivity contribution in [2.45, 2.75) is 0 Å². The number of hydrogen-bond donors (Lipinski definition) is 0. The molecule has 0 aromatic heterocycles. The molecule has 4 heteroatoms. The fourth-order valence-electron chi connectivity index (χ4n) is 1.42. The highest BCUT2D eigenvalue weighted by Gasteiger charge is 2.22. The third-order valence-electron chi connectivity index (χ3n) is 2.26. The molecule has 0 saturated heterocycles. The van der Waals surface area contributed by atoms with E-state index in [4.69, 9.17) is 0 Å². The van der Waals surface area contributed by atoms with Crippen LogP contribution in [0.2, 0.25) is 0 Å². The van der Waals surface area contributed by atoms with Gasteiger partial charge in [0.15, 0.2) is 0 Å². The molecule has 0 aromatic rings. The maximum Gasteiger partial charge on any atom is 0.0283 e. The second-order valence-electron chi connectivity index (χ2n) is 3.10. The van der Waals surface area contributed by atoms with Gasteiger partial charge in [-0.2, -0.15) is 0 Å².